The molecule has 0 bridgehead atoms. The van der Waals surface area contributed by atoms with Gasteiger partial charge in [-0.3, -0.25) is 4.79 Å². The van der Waals surface area contributed by atoms with Crippen molar-refractivity contribution in [2.24, 2.45) is 0 Å². The quantitative estimate of drug-likeness (QED) is 0.846. The molecule has 3 nitrogen and oxygen atoms in total. The largest absolute Gasteiger partial charge is 0.471 e. The van der Waals surface area contributed by atoms with Gasteiger partial charge in [0.15, 0.2) is 0 Å². The van der Waals surface area contributed by atoms with Crippen LogP contribution in [0.1, 0.15) is 18.4 Å². The first-order valence-electron chi connectivity index (χ1n) is 5.60. The third-order valence-electron chi connectivity index (χ3n) is 2.82. The van der Waals surface area contributed by atoms with Gasteiger partial charge in [-0.15, -0.1) is 0 Å². The highest BCUT2D eigenvalue weighted by atomic mass is 19.4. The molecule has 1 aliphatic rings. The number of amides is 1. The van der Waals surface area contributed by atoms with E-state index in [-0.39, 0.29) is 12.6 Å². The van der Waals surface area contributed by atoms with Crippen LogP contribution in [-0.2, 0) is 11.3 Å². The Labute approximate surface area is 102 Å². The molecule has 18 heavy (non-hydrogen) atoms. The lowest BCUT2D eigenvalue weighted by molar-refractivity contribution is -0.186. The van der Waals surface area contributed by atoms with E-state index in [1.54, 1.807) is 24.3 Å². The van der Waals surface area contributed by atoms with Crippen molar-refractivity contribution in [1.29, 1.82) is 0 Å². The minimum absolute atomic E-state index is 0.0245. The third kappa shape index (κ3) is 2.94. The molecule has 0 unspecified atom stereocenters. The van der Waals surface area contributed by atoms with Gasteiger partial charge >= 0.3 is 12.1 Å². The Morgan fingerprint density at radius 1 is 1.28 bits per heavy atom. The summed E-state index contributed by atoms with van der Waals surface area (Å²) in [4.78, 5) is 12.2. The molecule has 1 saturated carbocycles. The maximum absolute atomic E-state index is 12.4. The van der Waals surface area contributed by atoms with Crippen LogP contribution in [0.15, 0.2) is 24.3 Å². The molecule has 0 aliphatic heterocycles. The molecule has 6 heteroatoms. The van der Waals surface area contributed by atoms with E-state index in [4.69, 9.17) is 5.73 Å². The van der Waals surface area contributed by atoms with Gasteiger partial charge in [0.05, 0.1) is 0 Å². The minimum Gasteiger partial charge on any atom is -0.399 e. The van der Waals surface area contributed by atoms with Gasteiger partial charge in [0.1, 0.15) is 0 Å². The number of nitrogens with two attached hydrogens (primary N) is 1. The van der Waals surface area contributed by atoms with Crippen molar-refractivity contribution in [2.45, 2.75) is 31.6 Å². The molecule has 0 radical (unpaired) electrons. The fraction of sp³-hybridized carbons (Fsp3) is 0.417. The predicted molar refractivity (Wildman–Crippen MR) is 60.5 cm³/mol. The van der Waals surface area contributed by atoms with Gasteiger partial charge in [0.25, 0.3) is 0 Å². The lowest BCUT2D eigenvalue weighted by Crippen LogP contribution is -2.42. The number of alkyl halides is 3. The number of carbonyl (C=O) groups is 1. The number of nitrogen functional groups attached to an aromatic ring is 1. The van der Waals surface area contributed by atoms with Crippen LogP contribution in [0.25, 0.3) is 0 Å². The Balaban J connectivity index is 2.12. The van der Waals surface area contributed by atoms with Crippen molar-refractivity contribution in [2.75, 3.05) is 5.73 Å². The maximum Gasteiger partial charge on any atom is 0.471 e. The molecule has 0 saturated heterocycles. The molecular formula is C12H13F3N2O. The Hall–Kier alpha value is -1.72. The summed E-state index contributed by atoms with van der Waals surface area (Å²) in [5.41, 5.74) is 6.69. The summed E-state index contributed by atoms with van der Waals surface area (Å²) in [5.74, 6) is -1.76. The zero-order valence-corrected chi connectivity index (χ0v) is 9.57. The topological polar surface area (TPSA) is 46.3 Å². The summed E-state index contributed by atoms with van der Waals surface area (Å²) >= 11 is 0. The average molecular weight is 258 g/mol. The Morgan fingerprint density at radius 3 is 2.28 bits per heavy atom. The average Bonchev–Trinajstić information content (AvgIpc) is 3.10. The monoisotopic (exact) mass is 258 g/mol. The van der Waals surface area contributed by atoms with Crippen LogP contribution < -0.4 is 5.73 Å². The summed E-state index contributed by atoms with van der Waals surface area (Å²) in [7, 11) is 0. The molecule has 1 aliphatic carbocycles. The van der Waals surface area contributed by atoms with Crippen molar-refractivity contribution in [3.05, 3.63) is 29.8 Å². The highest BCUT2D eigenvalue weighted by molar-refractivity contribution is 5.82. The van der Waals surface area contributed by atoms with Crippen LogP contribution in [0.5, 0.6) is 0 Å². The number of halogens is 3. The van der Waals surface area contributed by atoms with Crippen molar-refractivity contribution < 1.29 is 18.0 Å². The van der Waals surface area contributed by atoms with Gasteiger partial charge in [-0.25, -0.2) is 0 Å². The number of rotatable bonds is 3. The molecule has 1 aromatic rings. The first-order valence-corrected chi connectivity index (χ1v) is 5.60. The molecule has 0 atom stereocenters. The fourth-order valence-corrected chi connectivity index (χ4v) is 1.74. The van der Waals surface area contributed by atoms with Crippen LogP contribution in [0.3, 0.4) is 0 Å². The lowest BCUT2D eigenvalue weighted by Gasteiger charge is -2.23. The van der Waals surface area contributed by atoms with E-state index in [0.29, 0.717) is 24.1 Å². The van der Waals surface area contributed by atoms with E-state index in [1.807, 2.05) is 0 Å². The molecule has 1 aromatic carbocycles. The highest BCUT2D eigenvalue weighted by Crippen LogP contribution is 2.32. The molecule has 98 valence electrons. The second-order valence-electron chi connectivity index (χ2n) is 4.40. The fourth-order valence-electron chi connectivity index (χ4n) is 1.74. The Bertz CT molecular complexity index is 438. The summed E-state index contributed by atoms with van der Waals surface area (Å²) in [6, 6.07) is 6.20. The molecule has 1 fully saturated rings. The predicted octanol–water partition coefficient (Wildman–Crippen LogP) is 2.32. The van der Waals surface area contributed by atoms with Gasteiger partial charge in [-0.1, -0.05) is 12.1 Å². The van der Waals surface area contributed by atoms with Crippen LogP contribution in [0, 0.1) is 0 Å². The summed E-state index contributed by atoms with van der Waals surface area (Å²) in [6.45, 7) is -0.0245. The number of benzene rings is 1. The summed E-state index contributed by atoms with van der Waals surface area (Å²) < 4.78 is 37.3. The van der Waals surface area contributed by atoms with E-state index < -0.39 is 12.1 Å². The number of nitrogens with zero attached hydrogens (tertiary/aromatic N) is 1. The van der Waals surface area contributed by atoms with Crippen LogP contribution in [0.4, 0.5) is 18.9 Å². The molecule has 1 amide bonds. The number of hydrogen-bond donors (Lipinski definition) is 1. The van der Waals surface area contributed by atoms with E-state index in [2.05, 4.69) is 0 Å². The van der Waals surface area contributed by atoms with Crippen LogP contribution >= 0.6 is 0 Å². The summed E-state index contributed by atoms with van der Waals surface area (Å²) in [6.07, 6.45) is -3.54. The van der Waals surface area contributed by atoms with Crippen molar-refractivity contribution >= 4 is 11.6 Å². The molecular weight excluding hydrogens is 245 g/mol. The zero-order chi connectivity index (χ0) is 13.3. The lowest BCUT2D eigenvalue weighted by atomic mass is 10.2. The Kier molecular flexibility index (Phi) is 3.19. The molecule has 2 rings (SSSR count). The van der Waals surface area contributed by atoms with Crippen LogP contribution in [0.2, 0.25) is 0 Å². The molecule has 0 heterocycles. The van der Waals surface area contributed by atoms with Crippen molar-refractivity contribution in [3.63, 3.8) is 0 Å². The minimum atomic E-state index is -4.81. The van der Waals surface area contributed by atoms with Gasteiger partial charge in [0.2, 0.25) is 0 Å². The molecule has 0 spiro atoms. The zero-order valence-electron chi connectivity index (χ0n) is 9.57. The third-order valence-corrected chi connectivity index (χ3v) is 2.82. The standard InChI is InChI=1S/C12H13F3N2O/c13-12(14,15)11(18)17(10-5-6-10)7-8-1-3-9(16)4-2-8/h1-4,10H,5-7,16H2. The molecule has 2 N–H and O–H groups in total. The first kappa shape index (κ1) is 12.7. The maximum atomic E-state index is 12.4. The number of hydrogen-bond acceptors (Lipinski definition) is 2. The SMILES string of the molecule is Nc1ccc(CN(C(=O)C(F)(F)F)C2CC2)cc1. The van der Waals surface area contributed by atoms with Gasteiger partial charge in [-0.05, 0) is 30.5 Å². The van der Waals surface area contributed by atoms with Crippen molar-refractivity contribution in [3.8, 4) is 0 Å². The van der Waals surface area contributed by atoms with Crippen molar-refractivity contribution in [1.82, 2.24) is 4.90 Å². The van der Waals surface area contributed by atoms with E-state index >= 15 is 0 Å². The number of carbonyl (C=O) groups excluding carboxylic acids is 1. The smallest absolute Gasteiger partial charge is 0.399 e. The first-order chi connectivity index (χ1) is 8.38. The molecule has 0 aromatic heterocycles. The van der Waals surface area contributed by atoms with Gasteiger partial charge in [-0.2, -0.15) is 13.2 Å². The Morgan fingerprint density at radius 2 is 1.83 bits per heavy atom. The normalized spacial score (nSPS) is 15.5. The highest BCUT2D eigenvalue weighted by Gasteiger charge is 2.46. The van der Waals surface area contributed by atoms with Gasteiger partial charge < -0.3 is 10.6 Å². The van der Waals surface area contributed by atoms with E-state index in [0.717, 1.165) is 4.90 Å². The van der Waals surface area contributed by atoms with E-state index in [1.165, 1.54) is 0 Å². The van der Waals surface area contributed by atoms with Crippen LogP contribution in [-0.4, -0.2) is 23.0 Å². The number of anilines is 1. The second-order valence-corrected chi connectivity index (χ2v) is 4.40. The van der Waals surface area contributed by atoms with E-state index in [9.17, 15) is 18.0 Å². The summed E-state index contributed by atoms with van der Waals surface area (Å²) in [5, 5.41) is 0. The second kappa shape index (κ2) is 4.51. The van der Waals surface area contributed by atoms with Gasteiger partial charge in [0, 0.05) is 18.3 Å².